The zero-order valence-corrected chi connectivity index (χ0v) is 50.5. The van der Waals surface area contributed by atoms with E-state index in [1.807, 2.05) is 218 Å². The average Bonchev–Trinajstić information content (AvgIpc) is 3.74. The molecule has 12 aromatic carbocycles. The summed E-state index contributed by atoms with van der Waals surface area (Å²) in [7, 11) is 0. The van der Waals surface area contributed by atoms with Gasteiger partial charge in [-0.25, -0.2) is 0 Å². The summed E-state index contributed by atoms with van der Waals surface area (Å²) in [6.45, 7) is 0. The molecule has 0 aromatic heterocycles. The smallest absolute Gasteiger partial charge is 0.0721 e. The molecule has 0 atom stereocenters. The molecular weight excluding hydrogens is 1220 g/mol. The molecule has 0 aliphatic heterocycles. The molecule has 0 fully saturated rings. The van der Waals surface area contributed by atoms with Crippen molar-refractivity contribution in [1.29, 1.82) is 0 Å². The summed E-state index contributed by atoms with van der Waals surface area (Å²) < 4.78 is 0. The van der Waals surface area contributed by atoms with Crippen LogP contribution in [0.25, 0.3) is 66.8 Å². The Morgan fingerprint density at radius 1 is 0.154 bits per heavy atom. The molecule has 12 nitrogen and oxygen atoms in total. The van der Waals surface area contributed by atoms with E-state index in [9.17, 15) is 59.4 Å². The fourth-order valence-corrected chi connectivity index (χ4v) is 9.18. The van der Waals surface area contributed by atoms with Gasteiger partial charge in [0, 0.05) is 54.4 Å². The summed E-state index contributed by atoms with van der Waals surface area (Å²) in [5.41, 5.74) is 10.8. The molecule has 0 radical (unpaired) electrons. The van der Waals surface area contributed by atoms with Crippen molar-refractivity contribution < 1.29 is 80.5 Å². The van der Waals surface area contributed by atoms with E-state index in [4.69, 9.17) is 0 Å². The van der Waals surface area contributed by atoms with Gasteiger partial charge in [0.1, 0.15) is 0 Å². The van der Waals surface area contributed by atoms with Gasteiger partial charge >= 0.3 is 0 Å². The third-order valence-corrected chi connectivity index (χ3v) is 13.4. The maximum atomic E-state index is 10.9. The largest absolute Gasteiger partial charge is 0.545 e. The van der Waals surface area contributed by atoms with Gasteiger partial charge in [-0.3, -0.25) is 0 Å². The quantitative estimate of drug-likeness (QED) is 0.104. The van der Waals surface area contributed by atoms with Crippen LogP contribution in [-0.2, 0) is 21.1 Å². The first-order chi connectivity index (χ1) is 43.7. The molecule has 13 heteroatoms. The molecule has 0 saturated carbocycles. The van der Waals surface area contributed by atoms with Crippen molar-refractivity contribution in [1.82, 2.24) is 0 Å². The summed E-state index contributed by atoms with van der Waals surface area (Å²) in [6.07, 6.45) is 0. The van der Waals surface area contributed by atoms with Crippen molar-refractivity contribution in [2.75, 3.05) is 0 Å². The van der Waals surface area contributed by atoms with Crippen LogP contribution in [0.3, 0.4) is 0 Å². The Kier molecular flexibility index (Phi) is 26.8. The average molecular weight is 1280 g/mol. The Balaban J connectivity index is 0.000000173. The van der Waals surface area contributed by atoms with Crippen LogP contribution in [-0.4, -0.2) is 35.8 Å². The van der Waals surface area contributed by atoms with Crippen molar-refractivity contribution in [2.45, 2.75) is 0 Å². The van der Waals surface area contributed by atoms with Crippen molar-refractivity contribution in [2.24, 2.45) is 0 Å². The van der Waals surface area contributed by atoms with Crippen molar-refractivity contribution >= 4 is 35.8 Å². The summed E-state index contributed by atoms with van der Waals surface area (Å²) in [5, 5.41) is 65.3. The Hall–Kier alpha value is -11.9. The van der Waals surface area contributed by atoms with Gasteiger partial charge in [0.15, 0.2) is 0 Å². The van der Waals surface area contributed by atoms with E-state index >= 15 is 0 Å². The molecule has 0 N–H and O–H groups in total. The fourth-order valence-electron chi connectivity index (χ4n) is 9.18. The second-order valence-corrected chi connectivity index (χ2v) is 19.2. The Morgan fingerprint density at radius 2 is 0.253 bits per heavy atom. The van der Waals surface area contributed by atoms with Gasteiger partial charge in [-0.15, -0.1) is 0 Å². The Morgan fingerprint density at radius 3 is 0.363 bits per heavy atom. The van der Waals surface area contributed by atoms with E-state index < -0.39 is 35.8 Å². The molecule has 0 bridgehead atoms. The van der Waals surface area contributed by atoms with Crippen molar-refractivity contribution in [3.8, 4) is 66.8 Å². The number of rotatable bonds is 12. The Bertz CT molecular complexity index is 3580. The SMILES string of the molecule is O=C([O-])c1ccccc1-c1ccccc1.O=C([O-])c1ccccc1-c1ccccc1.O=C([O-])c1ccccc1-c1ccccc1.O=C([O-])c1ccccc1-c1ccccc1.O=C([O-])c1ccccc1-c1ccccc1.O=C([O-])c1ccccc1-c1ccccc1.[Mo]. The molecular formula is C78H54MoO12-6. The normalized spacial score (nSPS) is 9.76. The maximum Gasteiger partial charge on any atom is 0.0721 e. The standard InChI is InChI=1S/6C13H10O2.Mo/c6*14-13(15)12-9-5-4-8-11(12)10-6-2-1-3-7-10;/h6*1-9H,(H,14,15);/p-6. The second-order valence-electron chi connectivity index (χ2n) is 19.2. The zero-order chi connectivity index (χ0) is 64.0. The number of aromatic carboxylic acids is 6. The first kappa shape index (κ1) is 68.3. The number of hydrogen-bond acceptors (Lipinski definition) is 12. The molecule has 0 heterocycles. The van der Waals surface area contributed by atoms with E-state index in [1.54, 1.807) is 109 Å². The van der Waals surface area contributed by atoms with Crippen LogP contribution in [0, 0.1) is 0 Å². The van der Waals surface area contributed by atoms with Crippen molar-refractivity contribution in [3.05, 3.63) is 361 Å². The topological polar surface area (TPSA) is 241 Å². The third-order valence-electron chi connectivity index (χ3n) is 13.4. The minimum atomic E-state index is -1.14. The van der Waals surface area contributed by atoms with Gasteiger partial charge in [-0.1, -0.05) is 328 Å². The molecule has 12 rings (SSSR count). The van der Waals surface area contributed by atoms with Crippen LogP contribution < -0.4 is 30.6 Å². The maximum absolute atomic E-state index is 10.9. The number of carboxylic acids is 6. The number of carboxylic acid groups (broad SMARTS) is 6. The molecule has 0 aliphatic carbocycles. The summed E-state index contributed by atoms with van der Waals surface area (Å²) in [6, 6.07) is 97.4. The van der Waals surface area contributed by atoms with E-state index in [-0.39, 0.29) is 54.4 Å². The second kappa shape index (κ2) is 35.7. The number of hydrogen-bond donors (Lipinski definition) is 0. The molecule has 0 spiro atoms. The molecule has 91 heavy (non-hydrogen) atoms. The summed E-state index contributed by atoms with van der Waals surface area (Å²) in [4.78, 5) is 65.3. The monoisotopic (exact) mass is 1280 g/mol. The van der Waals surface area contributed by atoms with Gasteiger partial charge in [-0.05, 0) is 66.8 Å². The zero-order valence-electron chi connectivity index (χ0n) is 48.5. The van der Waals surface area contributed by atoms with Crippen LogP contribution in [0.2, 0.25) is 0 Å². The van der Waals surface area contributed by atoms with Gasteiger partial charge in [0.05, 0.1) is 35.8 Å². The molecule has 0 aliphatic rings. The van der Waals surface area contributed by atoms with Crippen LogP contribution in [0.15, 0.2) is 328 Å². The predicted octanol–water partition coefficient (Wildman–Crippen LogP) is 10.3. The van der Waals surface area contributed by atoms with E-state index in [2.05, 4.69) is 0 Å². The number of carbonyl (C=O) groups excluding carboxylic acids is 6. The Labute approximate surface area is 540 Å². The van der Waals surface area contributed by atoms with Crippen LogP contribution in [0.5, 0.6) is 0 Å². The minimum Gasteiger partial charge on any atom is -0.545 e. The predicted molar refractivity (Wildman–Crippen MR) is 337 cm³/mol. The van der Waals surface area contributed by atoms with E-state index in [0.717, 1.165) is 33.4 Å². The van der Waals surface area contributed by atoms with E-state index in [0.29, 0.717) is 33.4 Å². The fraction of sp³-hybridized carbons (Fsp3) is 0. The third kappa shape index (κ3) is 20.1. The van der Waals surface area contributed by atoms with Crippen LogP contribution in [0.4, 0.5) is 0 Å². The van der Waals surface area contributed by atoms with E-state index in [1.165, 1.54) is 0 Å². The molecule has 12 aromatic rings. The van der Waals surface area contributed by atoms with Gasteiger partial charge < -0.3 is 59.4 Å². The van der Waals surface area contributed by atoms with Crippen LogP contribution in [0.1, 0.15) is 62.1 Å². The summed E-state index contributed by atoms with van der Waals surface area (Å²) in [5.74, 6) is -6.86. The molecule has 0 amide bonds. The van der Waals surface area contributed by atoms with Gasteiger partial charge in [-0.2, -0.15) is 0 Å². The first-order valence-corrected chi connectivity index (χ1v) is 27.9. The molecule has 0 unspecified atom stereocenters. The minimum absolute atomic E-state index is 0. The van der Waals surface area contributed by atoms with Crippen LogP contribution >= 0.6 is 0 Å². The van der Waals surface area contributed by atoms with Gasteiger partial charge in [0.25, 0.3) is 0 Å². The van der Waals surface area contributed by atoms with Gasteiger partial charge in [0.2, 0.25) is 0 Å². The number of benzene rings is 12. The number of carbonyl (C=O) groups is 6. The molecule has 0 saturated heterocycles. The van der Waals surface area contributed by atoms with Crippen molar-refractivity contribution in [3.63, 3.8) is 0 Å². The first-order valence-electron chi connectivity index (χ1n) is 27.9. The summed E-state index contributed by atoms with van der Waals surface area (Å²) >= 11 is 0. The molecule has 450 valence electrons.